The third-order valence-corrected chi connectivity index (χ3v) is 5.09. The highest BCUT2D eigenvalue weighted by atomic mass is 35.5. The Bertz CT molecular complexity index is 702. The van der Waals surface area contributed by atoms with E-state index in [2.05, 4.69) is 4.90 Å². The minimum absolute atomic E-state index is 0. The zero-order valence-corrected chi connectivity index (χ0v) is 15.8. The third-order valence-electron chi connectivity index (χ3n) is 5.09. The number of amidine groups is 1. The topological polar surface area (TPSA) is 120 Å². The third kappa shape index (κ3) is 4.90. The second-order valence-corrected chi connectivity index (χ2v) is 6.94. The predicted octanol–water partition coefficient (Wildman–Crippen LogP) is 2.05. The van der Waals surface area contributed by atoms with E-state index in [1.165, 1.54) is 0 Å². The van der Waals surface area contributed by atoms with Crippen molar-refractivity contribution in [1.29, 1.82) is 5.41 Å². The number of nitrogen functional groups attached to an aromatic ring is 1. The van der Waals surface area contributed by atoms with E-state index in [1.54, 1.807) is 29.2 Å². The number of aliphatic carboxylic acids is 1. The van der Waals surface area contributed by atoms with Gasteiger partial charge in [0.2, 0.25) is 0 Å². The second-order valence-electron chi connectivity index (χ2n) is 6.94. The number of hydrogen-bond donors (Lipinski definition) is 3. The summed E-state index contributed by atoms with van der Waals surface area (Å²) in [7, 11) is 0. The van der Waals surface area contributed by atoms with Crippen LogP contribution in [0.15, 0.2) is 24.3 Å². The lowest BCUT2D eigenvalue weighted by Gasteiger charge is -2.37. The number of halogens is 1. The van der Waals surface area contributed by atoms with E-state index < -0.39 is 11.6 Å². The fraction of sp³-hybridized carbons (Fsp3) is 0.500. The molecule has 0 saturated carbocycles. The number of carbonyl (C=O) groups excluding carboxylic acids is 1. The molecule has 0 aliphatic carbocycles. The van der Waals surface area contributed by atoms with Crippen LogP contribution in [0.1, 0.15) is 31.2 Å². The van der Waals surface area contributed by atoms with Gasteiger partial charge in [-0.05, 0) is 37.2 Å². The predicted molar refractivity (Wildman–Crippen MR) is 104 cm³/mol. The van der Waals surface area contributed by atoms with Gasteiger partial charge < -0.3 is 20.5 Å². The summed E-state index contributed by atoms with van der Waals surface area (Å²) < 4.78 is 5.72. The maximum atomic E-state index is 12.4. The van der Waals surface area contributed by atoms with Crippen molar-refractivity contribution in [1.82, 2.24) is 4.90 Å². The van der Waals surface area contributed by atoms with Crippen molar-refractivity contribution in [3.8, 4) is 0 Å². The Kier molecular flexibility index (Phi) is 6.67. The van der Waals surface area contributed by atoms with Crippen LogP contribution in [-0.4, -0.2) is 59.7 Å². The molecule has 4 N–H and O–H groups in total. The molecule has 2 aliphatic rings. The number of amides is 1. The average molecular weight is 397 g/mol. The Labute approximate surface area is 164 Å². The zero-order valence-electron chi connectivity index (χ0n) is 15.0. The molecule has 1 spiro atoms. The van der Waals surface area contributed by atoms with E-state index >= 15 is 0 Å². The quantitative estimate of drug-likeness (QED) is 0.500. The number of ether oxygens (including phenoxy) is 1. The first-order chi connectivity index (χ1) is 12.4. The van der Waals surface area contributed by atoms with Crippen LogP contribution in [0.4, 0.5) is 10.5 Å². The molecule has 2 heterocycles. The lowest BCUT2D eigenvalue weighted by Crippen LogP contribution is -2.47. The van der Waals surface area contributed by atoms with Crippen LogP contribution in [0.25, 0.3) is 0 Å². The first kappa shape index (κ1) is 21.0. The highest BCUT2D eigenvalue weighted by molar-refractivity contribution is 5.96. The van der Waals surface area contributed by atoms with E-state index in [1.807, 2.05) is 0 Å². The molecule has 1 amide bonds. The number of nitrogens with one attached hydrogen (secondary N) is 1. The number of carboxylic acids is 1. The number of carboxylic acid groups (broad SMARTS) is 1. The van der Waals surface area contributed by atoms with Gasteiger partial charge in [0.15, 0.2) is 0 Å². The van der Waals surface area contributed by atoms with Crippen molar-refractivity contribution in [3.05, 3.63) is 29.8 Å². The van der Waals surface area contributed by atoms with Gasteiger partial charge in [0.1, 0.15) is 11.4 Å². The van der Waals surface area contributed by atoms with Crippen LogP contribution in [0.2, 0.25) is 0 Å². The van der Waals surface area contributed by atoms with Crippen LogP contribution < -0.4 is 10.6 Å². The van der Waals surface area contributed by atoms with Gasteiger partial charge >= 0.3 is 12.1 Å². The van der Waals surface area contributed by atoms with Crippen molar-refractivity contribution in [2.24, 2.45) is 5.73 Å². The number of rotatable bonds is 6. The number of nitrogens with zero attached hydrogens (tertiary/aromatic N) is 2. The summed E-state index contributed by atoms with van der Waals surface area (Å²) in [6.45, 7) is 2.86. The number of hydrogen-bond acceptors (Lipinski definition) is 5. The minimum Gasteiger partial charge on any atom is -0.481 e. The summed E-state index contributed by atoms with van der Waals surface area (Å²) in [5.74, 6) is -0.776. The van der Waals surface area contributed by atoms with Gasteiger partial charge in [-0.15, -0.1) is 12.4 Å². The largest absolute Gasteiger partial charge is 0.481 e. The van der Waals surface area contributed by atoms with Gasteiger partial charge in [-0.3, -0.25) is 15.1 Å². The highest BCUT2D eigenvalue weighted by Crippen LogP contribution is 2.35. The van der Waals surface area contributed by atoms with Gasteiger partial charge in [0, 0.05) is 43.6 Å². The summed E-state index contributed by atoms with van der Waals surface area (Å²) >= 11 is 0. The fourth-order valence-electron chi connectivity index (χ4n) is 3.54. The van der Waals surface area contributed by atoms with Gasteiger partial charge in [-0.25, -0.2) is 4.79 Å². The van der Waals surface area contributed by atoms with Gasteiger partial charge in [0.25, 0.3) is 0 Å². The molecular weight excluding hydrogens is 372 g/mol. The summed E-state index contributed by atoms with van der Waals surface area (Å²) in [4.78, 5) is 26.8. The van der Waals surface area contributed by atoms with Crippen molar-refractivity contribution >= 4 is 36.0 Å². The molecule has 0 aromatic heterocycles. The summed E-state index contributed by atoms with van der Waals surface area (Å²) in [5.41, 5.74) is 6.34. The van der Waals surface area contributed by atoms with Crippen LogP contribution in [0.5, 0.6) is 0 Å². The SMILES string of the molecule is Cl.N=C(N)c1ccc(N2CC3(CCN(CCCC(=O)O)CC3)OC2=O)cc1. The molecule has 8 nitrogen and oxygen atoms in total. The molecule has 2 aliphatic heterocycles. The van der Waals surface area contributed by atoms with E-state index in [0.29, 0.717) is 18.5 Å². The number of nitrogens with two attached hydrogens (primary N) is 1. The Morgan fingerprint density at radius 3 is 2.44 bits per heavy atom. The van der Waals surface area contributed by atoms with Crippen LogP contribution in [-0.2, 0) is 9.53 Å². The molecule has 3 rings (SSSR count). The molecule has 2 fully saturated rings. The average Bonchev–Trinajstić information content (AvgIpc) is 2.93. The number of benzene rings is 1. The Hall–Kier alpha value is -2.32. The van der Waals surface area contributed by atoms with Crippen molar-refractivity contribution in [2.75, 3.05) is 31.1 Å². The molecule has 1 aromatic rings. The monoisotopic (exact) mass is 396 g/mol. The number of likely N-dealkylation sites (tertiary alicyclic amines) is 1. The molecular formula is C18H25ClN4O4. The number of carbonyl (C=O) groups is 2. The minimum atomic E-state index is -0.769. The molecule has 148 valence electrons. The molecule has 9 heteroatoms. The van der Waals surface area contributed by atoms with Crippen LogP contribution in [0, 0.1) is 5.41 Å². The van der Waals surface area contributed by atoms with E-state index in [0.717, 1.165) is 38.2 Å². The fourth-order valence-corrected chi connectivity index (χ4v) is 3.54. The summed E-state index contributed by atoms with van der Waals surface area (Å²) in [6.07, 6.45) is 1.96. The molecule has 27 heavy (non-hydrogen) atoms. The number of anilines is 1. The molecule has 1 aromatic carbocycles. The standard InChI is InChI=1S/C18H24N4O4.ClH/c19-16(20)13-3-5-14(6-4-13)22-12-18(26-17(22)25)7-10-21(11-8-18)9-1-2-15(23)24;/h3-6H,1-2,7-12H2,(H3,19,20)(H,23,24);1H. The van der Waals surface area contributed by atoms with Gasteiger partial charge in [0.05, 0.1) is 6.54 Å². The van der Waals surface area contributed by atoms with Crippen molar-refractivity contribution < 1.29 is 19.4 Å². The Morgan fingerprint density at radius 2 is 1.89 bits per heavy atom. The number of piperidine rings is 1. The van der Waals surface area contributed by atoms with Gasteiger partial charge in [-0.1, -0.05) is 0 Å². The van der Waals surface area contributed by atoms with Crippen molar-refractivity contribution in [2.45, 2.75) is 31.3 Å². The maximum absolute atomic E-state index is 12.4. The first-order valence-corrected chi connectivity index (χ1v) is 8.78. The smallest absolute Gasteiger partial charge is 0.415 e. The lowest BCUT2D eigenvalue weighted by atomic mass is 9.91. The van der Waals surface area contributed by atoms with Crippen LogP contribution >= 0.6 is 12.4 Å². The molecule has 0 bridgehead atoms. The molecule has 0 unspecified atom stereocenters. The maximum Gasteiger partial charge on any atom is 0.415 e. The van der Waals surface area contributed by atoms with E-state index in [-0.39, 0.29) is 30.8 Å². The molecule has 0 radical (unpaired) electrons. The summed E-state index contributed by atoms with van der Waals surface area (Å²) in [6, 6.07) is 7.00. The van der Waals surface area contributed by atoms with Crippen molar-refractivity contribution in [3.63, 3.8) is 0 Å². The summed E-state index contributed by atoms with van der Waals surface area (Å²) in [5, 5.41) is 16.2. The molecule has 2 saturated heterocycles. The van der Waals surface area contributed by atoms with E-state index in [4.69, 9.17) is 21.0 Å². The van der Waals surface area contributed by atoms with Gasteiger partial charge in [-0.2, -0.15) is 0 Å². The molecule has 0 atom stereocenters. The second kappa shape index (κ2) is 8.58. The highest BCUT2D eigenvalue weighted by Gasteiger charge is 2.47. The Balaban J connectivity index is 0.00000261. The normalized spacial score (nSPS) is 18.8. The van der Waals surface area contributed by atoms with E-state index in [9.17, 15) is 9.59 Å². The zero-order chi connectivity index (χ0) is 18.7. The Morgan fingerprint density at radius 1 is 1.26 bits per heavy atom. The van der Waals surface area contributed by atoms with Crippen LogP contribution in [0.3, 0.4) is 0 Å². The lowest BCUT2D eigenvalue weighted by molar-refractivity contribution is -0.137. The first-order valence-electron chi connectivity index (χ1n) is 8.78.